The minimum absolute atomic E-state index is 0.0424. The first kappa shape index (κ1) is 16.6. The molecular formula is C14H20N2O5S. The van der Waals surface area contributed by atoms with Gasteiger partial charge < -0.3 is 14.8 Å². The van der Waals surface area contributed by atoms with Crippen molar-refractivity contribution in [3.8, 4) is 11.5 Å². The summed E-state index contributed by atoms with van der Waals surface area (Å²) < 4.78 is 36.3. The van der Waals surface area contributed by atoms with Crippen molar-refractivity contribution < 1.29 is 22.7 Å². The molecule has 0 saturated heterocycles. The van der Waals surface area contributed by atoms with Crippen LogP contribution in [0.1, 0.15) is 24.2 Å². The third-order valence-corrected chi connectivity index (χ3v) is 4.35. The fraction of sp³-hybridized carbons (Fsp3) is 0.500. The molecule has 0 saturated carbocycles. The van der Waals surface area contributed by atoms with Crippen LogP contribution in [0.4, 0.5) is 0 Å². The number of benzene rings is 1. The van der Waals surface area contributed by atoms with Crippen LogP contribution in [0.5, 0.6) is 11.5 Å². The average molecular weight is 328 g/mol. The van der Waals surface area contributed by atoms with Gasteiger partial charge in [-0.1, -0.05) is 13.8 Å². The first-order chi connectivity index (χ1) is 10.4. The highest BCUT2D eigenvalue weighted by atomic mass is 32.2. The Morgan fingerprint density at radius 1 is 1.27 bits per heavy atom. The van der Waals surface area contributed by atoms with Crippen molar-refractivity contribution in [3.63, 3.8) is 0 Å². The zero-order valence-electron chi connectivity index (χ0n) is 12.6. The summed E-state index contributed by atoms with van der Waals surface area (Å²) in [5, 5.41) is 2.58. The Morgan fingerprint density at radius 3 is 2.73 bits per heavy atom. The molecule has 0 aromatic heterocycles. The van der Waals surface area contributed by atoms with Crippen LogP contribution >= 0.6 is 0 Å². The van der Waals surface area contributed by atoms with Crippen LogP contribution in [0.3, 0.4) is 0 Å². The highest BCUT2D eigenvalue weighted by Gasteiger charge is 2.17. The maximum absolute atomic E-state index is 12.0. The Kier molecular flexibility index (Phi) is 5.25. The number of amides is 1. The van der Waals surface area contributed by atoms with Gasteiger partial charge in [0.25, 0.3) is 5.91 Å². The maximum Gasteiger partial charge on any atom is 0.251 e. The number of ether oxygens (including phenoxy) is 2. The molecule has 0 aliphatic carbocycles. The van der Waals surface area contributed by atoms with E-state index in [1.165, 1.54) is 0 Å². The molecule has 1 aliphatic heterocycles. The SMILES string of the molecule is CC(C)CNS(=O)(=O)CCNC(=O)c1ccc2c(c1)OCO2. The molecule has 0 atom stereocenters. The van der Waals surface area contributed by atoms with Gasteiger partial charge in [-0.15, -0.1) is 0 Å². The van der Waals surface area contributed by atoms with Gasteiger partial charge in [-0.3, -0.25) is 4.79 Å². The third kappa shape index (κ3) is 4.60. The normalized spacial score (nSPS) is 13.4. The molecule has 2 rings (SSSR count). The molecule has 122 valence electrons. The molecule has 0 spiro atoms. The Bertz CT molecular complexity index is 643. The number of carbonyl (C=O) groups excluding carboxylic acids is 1. The minimum atomic E-state index is -3.37. The predicted octanol–water partition coefficient (Wildman–Crippen LogP) is 0.721. The van der Waals surface area contributed by atoms with Gasteiger partial charge >= 0.3 is 0 Å². The topological polar surface area (TPSA) is 93.7 Å². The number of carbonyl (C=O) groups is 1. The van der Waals surface area contributed by atoms with Gasteiger partial charge in [0.2, 0.25) is 16.8 Å². The van der Waals surface area contributed by atoms with Crippen LogP contribution in [0.15, 0.2) is 18.2 Å². The van der Waals surface area contributed by atoms with Crippen LogP contribution < -0.4 is 19.5 Å². The molecule has 8 heteroatoms. The number of nitrogens with one attached hydrogen (secondary N) is 2. The molecule has 0 radical (unpaired) electrons. The lowest BCUT2D eigenvalue weighted by atomic mass is 10.2. The van der Waals surface area contributed by atoms with Crippen molar-refractivity contribution in [1.29, 1.82) is 0 Å². The number of hydrogen-bond donors (Lipinski definition) is 2. The van der Waals surface area contributed by atoms with Gasteiger partial charge in [-0.2, -0.15) is 0 Å². The van der Waals surface area contributed by atoms with Crippen molar-refractivity contribution >= 4 is 15.9 Å². The van der Waals surface area contributed by atoms with E-state index < -0.39 is 10.0 Å². The molecule has 1 heterocycles. The standard InChI is InChI=1S/C14H20N2O5S/c1-10(2)8-16-22(18,19)6-5-15-14(17)11-3-4-12-13(7-11)21-9-20-12/h3-4,7,10,16H,5-6,8-9H2,1-2H3,(H,15,17). The summed E-state index contributed by atoms with van der Waals surface area (Å²) >= 11 is 0. The fourth-order valence-electron chi connectivity index (χ4n) is 1.80. The van der Waals surface area contributed by atoms with Gasteiger partial charge in [0.05, 0.1) is 5.75 Å². The molecule has 2 N–H and O–H groups in total. The highest BCUT2D eigenvalue weighted by Crippen LogP contribution is 2.32. The van der Waals surface area contributed by atoms with Crippen molar-refractivity contribution in [2.75, 3.05) is 25.6 Å². The second-order valence-corrected chi connectivity index (χ2v) is 7.31. The average Bonchev–Trinajstić information content (AvgIpc) is 2.92. The van der Waals surface area contributed by atoms with Crippen molar-refractivity contribution in [1.82, 2.24) is 10.0 Å². The zero-order chi connectivity index (χ0) is 16.2. The van der Waals surface area contributed by atoms with Crippen molar-refractivity contribution in [2.24, 2.45) is 5.92 Å². The molecule has 1 aliphatic rings. The van der Waals surface area contributed by atoms with E-state index in [-0.39, 0.29) is 30.9 Å². The van der Waals surface area contributed by atoms with E-state index in [1.54, 1.807) is 18.2 Å². The summed E-state index contributed by atoms with van der Waals surface area (Å²) in [7, 11) is -3.37. The van der Waals surface area contributed by atoms with E-state index in [4.69, 9.17) is 9.47 Å². The van der Waals surface area contributed by atoms with Crippen LogP contribution in [0.2, 0.25) is 0 Å². The Balaban J connectivity index is 1.83. The molecule has 1 amide bonds. The van der Waals surface area contributed by atoms with Crippen molar-refractivity contribution in [3.05, 3.63) is 23.8 Å². The maximum atomic E-state index is 12.0. The molecule has 0 unspecified atom stereocenters. The molecule has 1 aromatic rings. The van der Waals surface area contributed by atoms with E-state index in [9.17, 15) is 13.2 Å². The van der Waals surface area contributed by atoms with Crippen LogP contribution in [-0.2, 0) is 10.0 Å². The molecule has 22 heavy (non-hydrogen) atoms. The summed E-state index contributed by atoms with van der Waals surface area (Å²) in [6.45, 7) is 4.41. The lowest BCUT2D eigenvalue weighted by Gasteiger charge is -2.09. The van der Waals surface area contributed by atoms with Gasteiger partial charge in [0.15, 0.2) is 11.5 Å². The predicted molar refractivity (Wildman–Crippen MR) is 81.5 cm³/mol. The zero-order valence-corrected chi connectivity index (χ0v) is 13.4. The van der Waals surface area contributed by atoms with Gasteiger partial charge in [0, 0.05) is 18.7 Å². The Labute approximate surface area is 130 Å². The molecule has 0 fully saturated rings. The second kappa shape index (κ2) is 6.97. The summed E-state index contributed by atoms with van der Waals surface area (Å²) in [5.41, 5.74) is 0.400. The first-order valence-corrected chi connectivity index (χ1v) is 8.68. The van der Waals surface area contributed by atoms with Crippen LogP contribution in [0.25, 0.3) is 0 Å². The number of rotatable bonds is 7. The Hall–Kier alpha value is -1.80. The van der Waals surface area contributed by atoms with Crippen LogP contribution in [0, 0.1) is 5.92 Å². The van der Waals surface area contributed by atoms with E-state index >= 15 is 0 Å². The lowest BCUT2D eigenvalue weighted by molar-refractivity contribution is 0.0955. The third-order valence-electron chi connectivity index (χ3n) is 3.00. The first-order valence-electron chi connectivity index (χ1n) is 7.02. The number of sulfonamides is 1. The smallest absolute Gasteiger partial charge is 0.251 e. The van der Waals surface area contributed by atoms with E-state index in [1.807, 2.05) is 13.8 Å². The fourth-order valence-corrected chi connectivity index (χ4v) is 2.91. The lowest BCUT2D eigenvalue weighted by Crippen LogP contribution is -2.35. The monoisotopic (exact) mass is 328 g/mol. The largest absolute Gasteiger partial charge is 0.454 e. The molecule has 0 bridgehead atoms. The van der Waals surface area contributed by atoms with Gasteiger partial charge in [0.1, 0.15) is 0 Å². The number of hydrogen-bond acceptors (Lipinski definition) is 5. The van der Waals surface area contributed by atoms with Crippen LogP contribution in [-0.4, -0.2) is 40.0 Å². The summed E-state index contributed by atoms with van der Waals surface area (Å²) in [4.78, 5) is 12.0. The van der Waals surface area contributed by atoms with E-state index in [2.05, 4.69) is 10.0 Å². The Morgan fingerprint density at radius 2 is 2.00 bits per heavy atom. The highest BCUT2D eigenvalue weighted by molar-refractivity contribution is 7.89. The quantitative estimate of drug-likeness (QED) is 0.769. The van der Waals surface area contributed by atoms with E-state index in [0.717, 1.165) is 0 Å². The van der Waals surface area contributed by atoms with Crippen molar-refractivity contribution in [2.45, 2.75) is 13.8 Å². The van der Waals surface area contributed by atoms with E-state index in [0.29, 0.717) is 23.6 Å². The molecule has 1 aromatic carbocycles. The molecular weight excluding hydrogens is 308 g/mol. The second-order valence-electron chi connectivity index (χ2n) is 5.39. The minimum Gasteiger partial charge on any atom is -0.454 e. The summed E-state index contributed by atoms with van der Waals surface area (Å²) in [5.74, 6) is 0.835. The van der Waals surface area contributed by atoms with Gasteiger partial charge in [-0.05, 0) is 24.1 Å². The van der Waals surface area contributed by atoms with Gasteiger partial charge in [-0.25, -0.2) is 13.1 Å². The summed E-state index contributed by atoms with van der Waals surface area (Å²) in [6, 6.07) is 4.83. The molecule has 7 nitrogen and oxygen atoms in total. The number of fused-ring (bicyclic) bond motifs is 1. The summed E-state index contributed by atoms with van der Waals surface area (Å²) in [6.07, 6.45) is 0.